The van der Waals surface area contributed by atoms with Crippen LogP contribution in [0, 0.1) is 0 Å². The predicted octanol–water partition coefficient (Wildman–Crippen LogP) is 4.80. The normalized spacial score (nSPS) is 13.7. The molecule has 2 aliphatic heterocycles. The Morgan fingerprint density at radius 2 is 1.97 bits per heavy atom. The van der Waals surface area contributed by atoms with Crippen LogP contribution in [0.5, 0.6) is 23.0 Å². The van der Waals surface area contributed by atoms with Crippen molar-refractivity contribution in [1.29, 1.82) is 0 Å². The minimum Gasteiger partial charge on any atom is -0.493 e. The van der Waals surface area contributed by atoms with Crippen molar-refractivity contribution in [2.75, 3.05) is 21.0 Å². The quantitative estimate of drug-likeness (QED) is 0.404. The largest absolute Gasteiger partial charge is 0.493 e. The van der Waals surface area contributed by atoms with Crippen LogP contribution < -0.4 is 23.5 Å². The fraction of sp³-hybridized carbons (Fsp3) is 0.250. The van der Waals surface area contributed by atoms with Crippen LogP contribution in [0.15, 0.2) is 35.8 Å². The van der Waals surface area contributed by atoms with E-state index in [2.05, 4.69) is 33.9 Å². The van der Waals surface area contributed by atoms with E-state index in [4.69, 9.17) is 30.5 Å². The number of fused-ring (bicyclic) bond motifs is 5. The van der Waals surface area contributed by atoms with Crippen molar-refractivity contribution in [3.8, 4) is 34.3 Å². The lowest BCUT2D eigenvalue weighted by Gasteiger charge is -2.20. The van der Waals surface area contributed by atoms with Crippen molar-refractivity contribution in [2.45, 2.75) is 19.4 Å². The number of hydrogen-bond acceptors (Lipinski definition) is 6. The Morgan fingerprint density at radius 3 is 2.72 bits per heavy atom. The minimum absolute atomic E-state index is 0.261. The van der Waals surface area contributed by atoms with E-state index in [1.54, 1.807) is 14.2 Å². The monoisotopic (exact) mass is 467 g/mol. The number of aromatic nitrogens is 2. The second-order valence-electron chi connectivity index (χ2n) is 7.79. The number of halogens is 1. The van der Waals surface area contributed by atoms with Gasteiger partial charge in [0.1, 0.15) is 0 Å². The third kappa shape index (κ3) is 2.99. The number of pyridine rings is 1. The topological polar surface area (TPSA) is 53.7 Å². The van der Waals surface area contributed by atoms with E-state index in [1.807, 2.05) is 11.4 Å². The number of ether oxygens (including phenoxy) is 4. The molecular formula is C24H20ClN2O4S+. The van der Waals surface area contributed by atoms with Crippen LogP contribution in [0.25, 0.3) is 22.0 Å². The van der Waals surface area contributed by atoms with E-state index in [-0.39, 0.29) is 6.79 Å². The summed E-state index contributed by atoms with van der Waals surface area (Å²) in [4.78, 5) is 4.53. The molecule has 0 atom stereocenters. The lowest BCUT2D eigenvalue weighted by atomic mass is 9.89. The Bertz CT molecular complexity index is 1380. The molecule has 2 aromatic heterocycles. The van der Waals surface area contributed by atoms with E-state index < -0.39 is 0 Å². The molecule has 162 valence electrons. The fourth-order valence-corrected chi connectivity index (χ4v) is 5.51. The number of methoxy groups -OCH3 is 2. The van der Waals surface area contributed by atoms with Crippen LogP contribution in [0.1, 0.15) is 16.8 Å². The summed E-state index contributed by atoms with van der Waals surface area (Å²) >= 11 is 7.60. The molecule has 0 bridgehead atoms. The standard InChI is InChI=1S/C24H20ClN2O4S/c1-28-19-4-3-15-17(8-14-11-32-24(25)26-14)22-16-9-21-20(30-12-31-21)7-13(16)5-6-27(22)10-18(15)23(19)29-2/h3-4,7,9-11H,5-6,8,12H2,1-2H3/q+1. The maximum absolute atomic E-state index is 6.16. The molecule has 4 heterocycles. The molecule has 32 heavy (non-hydrogen) atoms. The van der Waals surface area contributed by atoms with Crippen molar-refractivity contribution < 1.29 is 23.5 Å². The van der Waals surface area contributed by atoms with Gasteiger partial charge in [-0.1, -0.05) is 11.6 Å². The number of benzene rings is 2. The molecule has 2 aromatic carbocycles. The van der Waals surface area contributed by atoms with Gasteiger partial charge in [-0.15, -0.1) is 11.3 Å². The summed E-state index contributed by atoms with van der Waals surface area (Å²) in [6.45, 7) is 1.11. The summed E-state index contributed by atoms with van der Waals surface area (Å²) in [5.74, 6) is 3.04. The van der Waals surface area contributed by atoms with Gasteiger partial charge in [-0.05, 0) is 29.8 Å². The summed E-state index contributed by atoms with van der Waals surface area (Å²) in [5.41, 5.74) is 5.69. The Balaban J connectivity index is 1.66. The van der Waals surface area contributed by atoms with Gasteiger partial charge in [0.15, 0.2) is 40.2 Å². The second-order valence-corrected chi connectivity index (χ2v) is 9.23. The highest BCUT2D eigenvalue weighted by Gasteiger charge is 2.32. The molecule has 0 saturated heterocycles. The SMILES string of the molecule is COc1ccc2c(Cc3csc(Cl)n3)c3[n+](cc2c1OC)CCc1cc2c(cc1-3)OCO2. The van der Waals surface area contributed by atoms with E-state index in [0.717, 1.165) is 57.9 Å². The van der Waals surface area contributed by atoms with E-state index >= 15 is 0 Å². The van der Waals surface area contributed by atoms with Crippen molar-refractivity contribution in [3.05, 3.63) is 57.1 Å². The van der Waals surface area contributed by atoms with Gasteiger partial charge in [-0.25, -0.2) is 4.98 Å². The highest BCUT2D eigenvalue weighted by atomic mass is 35.5. The molecule has 0 amide bonds. The van der Waals surface area contributed by atoms with Crippen molar-refractivity contribution in [1.82, 2.24) is 4.98 Å². The van der Waals surface area contributed by atoms with Crippen molar-refractivity contribution in [2.24, 2.45) is 0 Å². The molecule has 0 unspecified atom stereocenters. The molecule has 6 rings (SSSR count). The molecule has 2 aliphatic rings. The molecule has 0 fully saturated rings. The zero-order chi connectivity index (χ0) is 21.8. The average Bonchev–Trinajstić information content (AvgIpc) is 3.44. The first kappa shape index (κ1) is 19.6. The Hall–Kier alpha value is -3.03. The molecule has 0 radical (unpaired) electrons. The predicted molar refractivity (Wildman–Crippen MR) is 122 cm³/mol. The van der Waals surface area contributed by atoms with Gasteiger partial charge in [0.25, 0.3) is 0 Å². The van der Waals surface area contributed by atoms with E-state index in [9.17, 15) is 0 Å². The highest BCUT2D eigenvalue weighted by Crippen LogP contribution is 2.44. The van der Waals surface area contributed by atoms with Crippen LogP contribution >= 0.6 is 22.9 Å². The summed E-state index contributed by atoms with van der Waals surface area (Å²) in [7, 11) is 3.34. The molecular weight excluding hydrogens is 448 g/mol. The molecule has 0 saturated carbocycles. The van der Waals surface area contributed by atoms with Crippen LogP contribution in [0.3, 0.4) is 0 Å². The maximum atomic E-state index is 6.16. The van der Waals surface area contributed by atoms with Gasteiger partial charge in [0, 0.05) is 29.2 Å². The first-order valence-electron chi connectivity index (χ1n) is 10.3. The number of hydrogen-bond donors (Lipinski definition) is 0. The van der Waals surface area contributed by atoms with Crippen LogP contribution in [0.2, 0.25) is 4.47 Å². The van der Waals surface area contributed by atoms with E-state index in [0.29, 0.717) is 16.6 Å². The van der Waals surface area contributed by atoms with Crippen LogP contribution in [-0.2, 0) is 19.4 Å². The molecule has 0 N–H and O–H groups in total. The second kappa shape index (κ2) is 7.53. The summed E-state index contributed by atoms with van der Waals surface area (Å²) in [5, 5.41) is 4.13. The summed E-state index contributed by atoms with van der Waals surface area (Å²) < 4.78 is 25.5. The van der Waals surface area contributed by atoms with E-state index in [1.165, 1.54) is 22.5 Å². The van der Waals surface area contributed by atoms with Crippen molar-refractivity contribution in [3.63, 3.8) is 0 Å². The third-order valence-electron chi connectivity index (χ3n) is 6.12. The fourth-order valence-electron chi connectivity index (χ4n) is 4.73. The maximum Gasteiger partial charge on any atom is 0.231 e. The van der Waals surface area contributed by atoms with Crippen LogP contribution in [0.4, 0.5) is 0 Å². The Kier molecular flexibility index (Phi) is 4.62. The van der Waals surface area contributed by atoms with Gasteiger partial charge in [0.2, 0.25) is 12.5 Å². The van der Waals surface area contributed by atoms with Gasteiger partial charge in [0.05, 0.1) is 30.9 Å². The lowest BCUT2D eigenvalue weighted by molar-refractivity contribution is -0.686. The molecule has 8 heteroatoms. The average molecular weight is 468 g/mol. The van der Waals surface area contributed by atoms with Gasteiger partial charge < -0.3 is 18.9 Å². The highest BCUT2D eigenvalue weighted by molar-refractivity contribution is 7.13. The van der Waals surface area contributed by atoms with Gasteiger partial charge in [-0.2, -0.15) is 4.57 Å². The third-order valence-corrected chi connectivity index (χ3v) is 7.15. The zero-order valence-corrected chi connectivity index (χ0v) is 19.2. The number of thiazole rings is 1. The van der Waals surface area contributed by atoms with Gasteiger partial charge >= 0.3 is 0 Å². The Labute approximate surface area is 193 Å². The zero-order valence-electron chi connectivity index (χ0n) is 17.6. The number of rotatable bonds is 4. The number of nitrogens with zero attached hydrogens (tertiary/aromatic N) is 2. The summed E-state index contributed by atoms with van der Waals surface area (Å²) in [6, 6.07) is 8.28. The molecule has 0 aliphatic carbocycles. The van der Waals surface area contributed by atoms with Crippen molar-refractivity contribution >= 4 is 33.7 Å². The smallest absolute Gasteiger partial charge is 0.231 e. The van der Waals surface area contributed by atoms with Crippen LogP contribution in [-0.4, -0.2) is 26.0 Å². The number of aryl methyl sites for hydroxylation is 2. The molecule has 0 spiro atoms. The first-order valence-corrected chi connectivity index (χ1v) is 11.5. The Morgan fingerprint density at radius 1 is 1.12 bits per heavy atom. The lowest BCUT2D eigenvalue weighted by Crippen LogP contribution is -2.41. The summed E-state index contributed by atoms with van der Waals surface area (Å²) in [6.07, 6.45) is 3.72. The molecule has 6 nitrogen and oxygen atoms in total. The minimum atomic E-state index is 0.261. The van der Waals surface area contributed by atoms with Gasteiger partial charge in [-0.3, -0.25) is 0 Å². The molecule has 4 aromatic rings. The first-order chi connectivity index (χ1) is 15.7.